The van der Waals surface area contributed by atoms with E-state index in [2.05, 4.69) is 0 Å². The molecule has 2 aromatic rings. The van der Waals surface area contributed by atoms with Gasteiger partial charge in [-0.1, -0.05) is 12.1 Å². The summed E-state index contributed by atoms with van der Waals surface area (Å²) in [6.45, 7) is 3.37. The standard InChI is InChI=1S/C29H31NO12/c1-11-24(33)16(30)7-19(41-11)42-18-9-29(38,12(2)31)8-15-21(18)28(37)23-22(26(15)35)25(34)14-5-4-6-17(20(14)27(23)36)40-10-39-13(3)32/h4-6,11,16,18-19,24,33,35,37-38H,7-10,30H2,1-3H3/t11?,16?,18-,19?,24?,29-/m0/s1. The minimum atomic E-state index is -2.05. The zero-order chi connectivity index (χ0) is 30.7. The van der Waals surface area contributed by atoms with E-state index in [9.17, 15) is 39.6 Å². The molecule has 1 fully saturated rings. The number of ketones is 3. The summed E-state index contributed by atoms with van der Waals surface area (Å²) >= 11 is 0. The van der Waals surface area contributed by atoms with Crippen LogP contribution in [0.15, 0.2) is 18.2 Å². The number of benzene rings is 2. The molecule has 42 heavy (non-hydrogen) atoms. The third-order valence-corrected chi connectivity index (χ3v) is 8.05. The summed E-state index contributed by atoms with van der Waals surface area (Å²) in [5, 5.41) is 44.4. The van der Waals surface area contributed by atoms with Crippen molar-refractivity contribution in [2.45, 2.75) is 76.3 Å². The molecule has 0 saturated carbocycles. The van der Waals surface area contributed by atoms with Crippen molar-refractivity contribution in [1.82, 2.24) is 0 Å². The first-order valence-corrected chi connectivity index (χ1v) is 13.3. The van der Waals surface area contributed by atoms with E-state index in [0.29, 0.717) is 0 Å². The van der Waals surface area contributed by atoms with Gasteiger partial charge in [-0.05, 0) is 19.9 Å². The Morgan fingerprint density at radius 1 is 1.10 bits per heavy atom. The fraction of sp³-hybridized carbons (Fsp3) is 0.448. The summed E-state index contributed by atoms with van der Waals surface area (Å²) in [6.07, 6.45) is -4.84. The molecule has 1 heterocycles. The summed E-state index contributed by atoms with van der Waals surface area (Å²) < 4.78 is 22.0. The SMILES string of the molecule is CC(=O)OCOc1cccc2c1C(=O)c1c(O)c3c(c(O)c1C2=O)C[C@@](O)(C(C)=O)C[C@@H]3OC1CC(N)C(O)C(C)O1. The number of nitrogens with two attached hydrogens (primary N) is 1. The number of hydrogen-bond acceptors (Lipinski definition) is 13. The summed E-state index contributed by atoms with van der Waals surface area (Å²) in [7, 11) is 0. The molecule has 2 aliphatic carbocycles. The lowest BCUT2D eigenvalue weighted by Gasteiger charge is -2.42. The van der Waals surface area contributed by atoms with Crippen LogP contribution in [-0.4, -0.2) is 80.7 Å². The number of phenols is 2. The highest BCUT2D eigenvalue weighted by Gasteiger charge is 2.49. The third-order valence-electron chi connectivity index (χ3n) is 8.05. The van der Waals surface area contributed by atoms with Crippen LogP contribution in [0.2, 0.25) is 0 Å². The molecule has 13 nitrogen and oxygen atoms in total. The quantitative estimate of drug-likeness (QED) is 0.155. The molecule has 0 aromatic heterocycles. The van der Waals surface area contributed by atoms with Crippen LogP contribution in [0.25, 0.3) is 0 Å². The molecule has 1 aliphatic heterocycles. The fourth-order valence-corrected chi connectivity index (χ4v) is 5.78. The highest BCUT2D eigenvalue weighted by Crippen LogP contribution is 2.52. The van der Waals surface area contributed by atoms with Crippen molar-refractivity contribution in [2.24, 2.45) is 5.73 Å². The molecule has 6 atom stereocenters. The Bertz CT molecular complexity index is 1490. The van der Waals surface area contributed by atoms with Crippen molar-refractivity contribution in [3.63, 3.8) is 0 Å². The van der Waals surface area contributed by atoms with Gasteiger partial charge < -0.3 is 45.1 Å². The maximum absolute atomic E-state index is 13.9. The Balaban J connectivity index is 1.63. The minimum Gasteiger partial charge on any atom is -0.507 e. The van der Waals surface area contributed by atoms with E-state index in [-0.39, 0.29) is 40.8 Å². The number of carbonyl (C=O) groups is 4. The average molecular weight is 586 g/mol. The van der Waals surface area contributed by atoms with E-state index in [4.69, 9.17) is 24.7 Å². The minimum absolute atomic E-state index is 0.0291. The maximum atomic E-state index is 13.9. The molecule has 3 aliphatic rings. The van der Waals surface area contributed by atoms with Gasteiger partial charge >= 0.3 is 5.97 Å². The first-order chi connectivity index (χ1) is 19.7. The lowest BCUT2D eigenvalue weighted by Crippen LogP contribution is -2.52. The predicted octanol–water partition coefficient (Wildman–Crippen LogP) is 0.920. The van der Waals surface area contributed by atoms with Gasteiger partial charge in [0, 0.05) is 48.9 Å². The number of aliphatic hydroxyl groups excluding tert-OH is 1. The predicted molar refractivity (Wildman–Crippen MR) is 141 cm³/mol. The van der Waals surface area contributed by atoms with Crippen LogP contribution < -0.4 is 10.5 Å². The number of carbonyl (C=O) groups excluding carboxylic acids is 4. The number of aromatic hydroxyl groups is 2. The fourth-order valence-electron chi connectivity index (χ4n) is 5.78. The van der Waals surface area contributed by atoms with Crippen LogP contribution in [0.5, 0.6) is 17.2 Å². The van der Waals surface area contributed by atoms with Crippen LogP contribution in [0, 0.1) is 0 Å². The molecular formula is C29H31NO12. The smallest absolute Gasteiger partial charge is 0.305 e. The number of Topliss-reactive ketones (excluding diaryl/α,β-unsaturated/α-hetero) is 1. The van der Waals surface area contributed by atoms with Crippen molar-refractivity contribution in [2.75, 3.05) is 6.79 Å². The molecule has 0 radical (unpaired) electrons. The largest absolute Gasteiger partial charge is 0.507 e. The van der Waals surface area contributed by atoms with Crippen LogP contribution in [0.3, 0.4) is 0 Å². The van der Waals surface area contributed by atoms with Crippen LogP contribution in [0.4, 0.5) is 0 Å². The van der Waals surface area contributed by atoms with Gasteiger partial charge in [-0.15, -0.1) is 0 Å². The van der Waals surface area contributed by atoms with Crippen molar-refractivity contribution in [1.29, 1.82) is 0 Å². The second-order valence-electron chi connectivity index (χ2n) is 10.8. The number of hydrogen-bond donors (Lipinski definition) is 5. The van der Waals surface area contributed by atoms with Crippen molar-refractivity contribution in [3.8, 4) is 17.2 Å². The molecule has 13 heteroatoms. The average Bonchev–Trinajstić information content (AvgIpc) is 2.91. The van der Waals surface area contributed by atoms with E-state index in [1.54, 1.807) is 6.92 Å². The zero-order valence-corrected chi connectivity index (χ0v) is 23.1. The van der Waals surface area contributed by atoms with Gasteiger partial charge in [0.25, 0.3) is 0 Å². The first kappa shape index (κ1) is 29.6. The third kappa shape index (κ3) is 4.82. The summed E-state index contributed by atoms with van der Waals surface area (Å²) in [5.74, 6) is -4.41. The van der Waals surface area contributed by atoms with E-state index in [0.717, 1.165) is 6.92 Å². The number of rotatable bonds is 6. The normalized spacial score (nSPS) is 28.4. The van der Waals surface area contributed by atoms with E-state index >= 15 is 0 Å². The van der Waals surface area contributed by atoms with Crippen molar-refractivity contribution < 1.29 is 58.6 Å². The number of phenolic OH excluding ortho intramolecular Hbond substituents is 2. The molecule has 5 rings (SSSR count). The Kier molecular flexibility index (Phi) is 7.58. The van der Waals surface area contributed by atoms with Gasteiger partial charge in [0.15, 0.2) is 17.9 Å². The molecule has 0 spiro atoms. The molecule has 0 bridgehead atoms. The maximum Gasteiger partial charge on any atom is 0.305 e. The number of fused-ring (bicyclic) bond motifs is 3. The number of esters is 1. The van der Waals surface area contributed by atoms with E-state index in [1.165, 1.54) is 25.1 Å². The molecule has 1 saturated heterocycles. The Labute approximate surface area is 239 Å². The Morgan fingerprint density at radius 2 is 1.79 bits per heavy atom. The van der Waals surface area contributed by atoms with Crippen molar-refractivity contribution in [3.05, 3.63) is 51.6 Å². The van der Waals surface area contributed by atoms with Gasteiger partial charge in [-0.2, -0.15) is 0 Å². The topological polar surface area (TPSA) is 212 Å². The van der Waals surface area contributed by atoms with Crippen LogP contribution in [-0.2, 0) is 30.2 Å². The molecule has 0 amide bonds. The molecular weight excluding hydrogens is 554 g/mol. The van der Waals surface area contributed by atoms with Crippen LogP contribution >= 0.6 is 0 Å². The second kappa shape index (κ2) is 10.7. The highest BCUT2D eigenvalue weighted by molar-refractivity contribution is 6.31. The Hall–Kier alpha value is -3.88. The number of aliphatic hydroxyl groups is 2. The highest BCUT2D eigenvalue weighted by atomic mass is 16.7. The summed E-state index contributed by atoms with van der Waals surface area (Å²) in [4.78, 5) is 51.2. The van der Waals surface area contributed by atoms with E-state index < -0.39 is 95.4 Å². The molecule has 4 unspecified atom stereocenters. The zero-order valence-electron chi connectivity index (χ0n) is 23.1. The van der Waals surface area contributed by atoms with Crippen molar-refractivity contribution >= 4 is 23.3 Å². The monoisotopic (exact) mass is 585 g/mol. The van der Waals surface area contributed by atoms with Gasteiger partial charge in [-0.25, -0.2) is 0 Å². The Morgan fingerprint density at radius 3 is 2.43 bits per heavy atom. The number of ether oxygens (including phenoxy) is 4. The second-order valence-corrected chi connectivity index (χ2v) is 10.8. The summed E-state index contributed by atoms with van der Waals surface area (Å²) in [5.41, 5.74) is 2.38. The lowest BCUT2D eigenvalue weighted by molar-refractivity contribution is -0.247. The molecule has 2 aromatic carbocycles. The van der Waals surface area contributed by atoms with Crippen LogP contribution in [0.1, 0.15) is 82.7 Å². The molecule has 6 N–H and O–H groups in total. The van der Waals surface area contributed by atoms with Gasteiger partial charge in [0.2, 0.25) is 12.6 Å². The van der Waals surface area contributed by atoms with Gasteiger partial charge in [0.1, 0.15) is 22.8 Å². The van der Waals surface area contributed by atoms with Gasteiger partial charge in [-0.3, -0.25) is 19.2 Å². The van der Waals surface area contributed by atoms with E-state index in [1.807, 2.05) is 0 Å². The first-order valence-electron chi connectivity index (χ1n) is 13.3. The van der Waals surface area contributed by atoms with Gasteiger partial charge in [0.05, 0.1) is 35.0 Å². The molecule has 224 valence electrons. The summed E-state index contributed by atoms with van der Waals surface area (Å²) in [6, 6.07) is 3.43. The lowest BCUT2D eigenvalue weighted by atomic mass is 9.72.